The Bertz CT molecular complexity index is 1480. The predicted molar refractivity (Wildman–Crippen MR) is 119 cm³/mol. The first kappa shape index (κ1) is 19.6. The highest BCUT2D eigenvalue weighted by Gasteiger charge is 2.35. The van der Waals surface area contributed by atoms with Gasteiger partial charge in [0, 0.05) is 17.7 Å². The van der Waals surface area contributed by atoms with E-state index in [1.54, 1.807) is 18.2 Å². The highest BCUT2D eigenvalue weighted by molar-refractivity contribution is 5.85. The monoisotopic (exact) mass is 422 g/mol. The topological polar surface area (TPSA) is 93.1 Å². The molecule has 0 spiro atoms. The minimum absolute atomic E-state index is 0.00255. The Labute approximate surface area is 184 Å². The highest BCUT2D eigenvalue weighted by atomic mass is 16.5. The number of nitrogens with two attached hydrogens (primary N) is 1. The SMILES string of the molecule is Cc1cccc(C[n+]2ccc(C3C(C#N)=C(N)Oc4c3c(=O)oc3ccccc43)cc2)c1. The van der Waals surface area contributed by atoms with Gasteiger partial charge in [-0.25, -0.2) is 9.36 Å². The lowest BCUT2D eigenvalue weighted by Gasteiger charge is -2.25. The molecule has 1 unspecified atom stereocenters. The fraction of sp³-hybridized carbons (Fsp3) is 0.115. The van der Waals surface area contributed by atoms with Gasteiger partial charge < -0.3 is 14.9 Å². The molecule has 4 aromatic rings. The molecule has 0 saturated heterocycles. The van der Waals surface area contributed by atoms with Gasteiger partial charge in [0.15, 0.2) is 24.7 Å². The molecule has 6 nitrogen and oxygen atoms in total. The van der Waals surface area contributed by atoms with Gasteiger partial charge in [-0.2, -0.15) is 5.26 Å². The van der Waals surface area contributed by atoms with Crippen molar-refractivity contribution < 1.29 is 13.7 Å². The Hall–Kier alpha value is -4.37. The van der Waals surface area contributed by atoms with E-state index in [2.05, 4.69) is 31.2 Å². The quantitative estimate of drug-likeness (QED) is 0.402. The van der Waals surface area contributed by atoms with E-state index in [1.165, 1.54) is 11.1 Å². The largest absolute Gasteiger partial charge is 0.439 e. The summed E-state index contributed by atoms with van der Waals surface area (Å²) in [5.74, 6) is -0.328. The number of fused-ring (bicyclic) bond motifs is 3. The lowest BCUT2D eigenvalue weighted by atomic mass is 9.84. The summed E-state index contributed by atoms with van der Waals surface area (Å²) >= 11 is 0. The minimum atomic E-state index is -0.668. The lowest BCUT2D eigenvalue weighted by Crippen LogP contribution is -2.34. The molecule has 32 heavy (non-hydrogen) atoms. The van der Waals surface area contributed by atoms with E-state index in [1.807, 2.05) is 41.2 Å². The molecule has 0 aliphatic carbocycles. The Morgan fingerprint density at radius 2 is 1.88 bits per heavy atom. The molecule has 0 amide bonds. The van der Waals surface area contributed by atoms with Crippen molar-refractivity contribution >= 4 is 11.0 Å². The first-order chi connectivity index (χ1) is 15.5. The maximum absolute atomic E-state index is 12.9. The minimum Gasteiger partial charge on any atom is -0.439 e. The normalized spacial score (nSPS) is 15.2. The molecule has 2 aromatic carbocycles. The third-order valence-electron chi connectivity index (χ3n) is 5.67. The Kier molecular flexibility index (Phi) is 4.72. The smallest absolute Gasteiger partial charge is 0.344 e. The van der Waals surface area contributed by atoms with Crippen LogP contribution >= 0.6 is 0 Å². The third-order valence-corrected chi connectivity index (χ3v) is 5.67. The van der Waals surface area contributed by atoms with E-state index in [0.29, 0.717) is 23.3 Å². The van der Waals surface area contributed by atoms with Crippen molar-refractivity contribution in [3.63, 3.8) is 0 Å². The van der Waals surface area contributed by atoms with Crippen molar-refractivity contribution in [2.75, 3.05) is 0 Å². The van der Waals surface area contributed by atoms with Crippen LogP contribution in [-0.2, 0) is 6.54 Å². The van der Waals surface area contributed by atoms with Crippen LogP contribution in [0.1, 0.15) is 28.2 Å². The number of nitrogens with zero attached hydrogens (tertiary/aromatic N) is 2. The van der Waals surface area contributed by atoms with Crippen LogP contribution in [0.3, 0.4) is 0 Å². The summed E-state index contributed by atoms with van der Waals surface area (Å²) in [4.78, 5) is 12.9. The first-order valence-electron chi connectivity index (χ1n) is 10.2. The number of rotatable bonds is 3. The summed E-state index contributed by atoms with van der Waals surface area (Å²) in [5.41, 5.74) is 9.61. The summed E-state index contributed by atoms with van der Waals surface area (Å²) in [6.07, 6.45) is 3.86. The van der Waals surface area contributed by atoms with Gasteiger partial charge in [-0.05, 0) is 30.7 Å². The number of hydrogen-bond donors (Lipinski definition) is 1. The standard InChI is InChI=1S/C26H20N3O3/c1-16-5-4-6-17(13-16)15-29-11-9-18(10-12-29)22-20(14-27)25(28)32-24-19-7-2-3-8-21(19)31-26(30)23(22)24/h2-13,22H,15,28H2,1H3/q+1. The van der Waals surface area contributed by atoms with Crippen molar-refractivity contribution in [2.45, 2.75) is 19.4 Å². The first-order valence-corrected chi connectivity index (χ1v) is 10.2. The molecule has 1 aliphatic rings. The van der Waals surface area contributed by atoms with E-state index < -0.39 is 11.5 Å². The molecule has 1 atom stereocenters. The third kappa shape index (κ3) is 3.30. The van der Waals surface area contributed by atoms with Gasteiger partial charge >= 0.3 is 5.63 Å². The summed E-state index contributed by atoms with van der Waals surface area (Å²) in [6, 6.07) is 21.4. The Balaban J connectivity index is 1.61. The van der Waals surface area contributed by atoms with Crippen LogP contribution in [0.2, 0.25) is 0 Å². The van der Waals surface area contributed by atoms with E-state index in [4.69, 9.17) is 14.9 Å². The second-order valence-corrected chi connectivity index (χ2v) is 7.85. The number of aryl methyl sites for hydroxylation is 1. The van der Waals surface area contributed by atoms with E-state index in [-0.39, 0.29) is 17.0 Å². The van der Waals surface area contributed by atoms with Crippen molar-refractivity contribution in [1.29, 1.82) is 5.26 Å². The van der Waals surface area contributed by atoms with Gasteiger partial charge in [-0.15, -0.1) is 0 Å². The molecular formula is C26H20N3O3+. The van der Waals surface area contributed by atoms with Gasteiger partial charge in [0.05, 0.1) is 16.9 Å². The predicted octanol–water partition coefficient (Wildman–Crippen LogP) is 3.66. The summed E-state index contributed by atoms with van der Waals surface area (Å²) in [6.45, 7) is 2.78. The van der Waals surface area contributed by atoms with E-state index in [9.17, 15) is 10.1 Å². The van der Waals surface area contributed by atoms with E-state index >= 15 is 0 Å². The zero-order chi connectivity index (χ0) is 22.2. The summed E-state index contributed by atoms with van der Waals surface area (Å²) in [5, 5.41) is 10.4. The van der Waals surface area contributed by atoms with Gasteiger partial charge in [0.2, 0.25) is 5.88 Å². The second-order valence-electron chi connectivity index (χ2n) is 7.85. The zero-order valence-electron chi connectivity index (χ0n) is 17.4. The average Bonchev–Trinajstić information content (AvgIpc) is 2.79. The van der Waals surface area contributed by atoms with Crippen molar-refractivity contribution in [3.8, 4) is 11.8 Å². The van der Waals surface area contributed by atoms with Crippen molar-refractivity contribution in [3.05, 3.63) is 117 Å². The molecule has 1 aliphatic heterocycles. The number of para-hydroxylation sites is 1. The van der Waals surface area contributed by atoms with E-state index in [0.717, 1.165) is 5.56 Å². The number of ether oxygens (including phenoxy) is 1. The second kappa shape index (κ2) is 7.71. The molecule has 5 rings (SSSR count). The molecule has 6 heteroatoms. The van der Waals surface area contributed by atoms with Crippen LogP contribution in [0.5, 0.6) is 5.75 Å². The number of allylic oxidation sites excluding steroid dienone is 1. The Morgan fingerprint density at radius 3 is 2.62 bits per heavy atom. The molecule has 2 N–H and O–H groups in total. The van der Waals surface area contributed by atoms with Gasteiger partial charge in [0.25, 0.3) is 0 Å². The number of aromatic nitrogens is 1. The molecule has 2 aromatic heterocycles. The maximum Gasteiger partial charge on any atom is 0.344 e. The van der Waals surface area contributed by atoms with Gasteiger partial charge in [0.1, 0.15) is 17.2 Å². The molecule has 0 saturated carbocycles. The zero-order valence-corrected chi connectivity index (χ0v) is 17.4. The fourth-order valence-corrected chi connectivity index (χ4v) is 4.19. The molecule has 3 heterocycles. The molecule has 0 fully saturated rings. The van der Waals surface area contributed by atoms with Gasteiger partial charge in [-0.3, -0.25) is 0 Å². The number of benzene rings is 2. The molecular weight excluding hydrogens is 402 g/mol. The van der Waals surface area contributed by atoms with Crippen LogP contribution < -0.4 is 20.7 Å². The number of nitriles is 1. The maximum atomic E-state index is 12.9. The van der Waals surface area contributed by atoms with Crippen LogP contribution in [0.15, 0.2) is 93.7 Å². The van der Waals surface area contributed by atoms with Crippen molar-refractivity contribution in [2.24, 2.45) is 5.73 Å². The van der Waals surface area contributed by atoms with Crippen molar-refractivity contribution in [1.82, 2.24) is 0 Å². The Morgan fingerprint density at radius 1 is 1.09 bits per heavy atom. The number of hydrogen-bond acceptors (Lipinski definition) is 5. The summed E-state index contributed by atoms with van der Waals surface area (Å²) in [7, 11) is 0. The van der Waals surface area contributed by atoms with Crippen LogP contribution in [0, 0.1) is 18.3 Å². The van der Waals surface area contributed by atoms with Gasteiger partial charge in [-0.1, -0.05) is 35.9 Å². The highest BCUT2D eigenvalue weighted by Crippen LogP contribution is 2.43. The molecule has 156 valence electrons. The van der Waals surface area contributed by atoms with Crippen LogP contribution in [0.4, 0.5) is 0 Å². The van der Waals surface area contributed by atoms with Crippen LogP contribution in [0.25, 0.3) is 11.0 Å². The number of pyridine rings is 1. The average molecular weight is 422 g/mol. The fourth-order valence-electron chi connectivity index (χ4n) is 4.19. The lowest BCUT2D eigenvalue weighted by molar-refractivity contribution is -0.688. The van der Waals surface area contributed by atoms with Crippen LogP contribution in [-0.4, -0.2) is 0 Å². The summed E-state index contributed by atoms with van der Waals surface area (Å²) < 4.78 is 13.3. The molecule has 0 bridgehead atoms. The molecule has 0 radical (unpaired) electrons.